The molecule has 84 valence electrons. The van der Waals surface area contributed by atoms with Crippen LogP contribution in [0.15, 0.2) is 48.9 Å². The van der Waals surface area contributed by atoms with E-state index in [2.05, 4.69) is 33.3 Å². The van der Waals surface area contributed by atoms with Gasteiger partial charge in [-0.3, -0.25) is 4.68 Å². The Hall–Kier alpha value is -2.36. The highest BCUT2D eigenvalue weighted by Crippen LogP contribution is 2.23. The van der Waals surface area contributed by atoms with E-state index >= 15 is 0 Å². The molecule has 2 heterocycles. The molecule has 0 aliphatic heterocycles. The van der Waals surface area contributed by atoms with E-state index < -0.39 is 0 Å². The Bertz CT molecular complexity index is 608. The van der Waals surface area contributed by atoms with E-state index in [4.69, 9.17) is 0 Å². The van der Waals surface area contributed by atoms with Crippen molar-refractivity contribution in [1.29, 1.82) is 0 Å². The number of nitrogens with zero attached hydrogens (tertiary/aromatic N) is 3. The molecule has 0 bridgehead atoms. The average molecular weight is 224 g/mol. The van der Waals surface area contributed by atoms with E-state index in [0.29, 0.717) is 0 Å². The molecule has 1 aromatic carbocycles. The van der Waals surface area contributed by atoms with Crippen molar-refractivity contribution in [1.82, 2.24) is 19.7 Å². The predicted molar refractivity (Wildman–Crippen MR) is 66.2 cm³/mol. The van der Waals surface area contributed by atoms with Gasteiger partial charge in [-0.05, 0) is 6.07 Å². The van der Waals surface area contributed by atoms with Gasteiger partial charge in [0, 0.05) is 12.6 Å². The molecule has 0 saturated heterocycles. The monoisotopic (exact) mass is 224 g/mol. The second kappa shape index (κ2) is 3.90. The number of benzene rings is 1. The maximum Gasteiger partial charge on any atom is 0.0930 e. The average Bonchev–Trinajstić information content (AvgIpc) is 2.99. The molecular weight excluding hydrogens is 212 g/mol. The summed E-state index contributed by atoms with van der Waals surface area (Å²) < 4.78 is 1.86. The zero-order valence-corrected chi connectivity index (χ0v) is 9.46. The van der Waals surface area contributed by atoms with Crippen molar-refractivity contribution in [3.05, 3.63) is 48.9 Å². The fourth-order valence-corrected chi connectivity index (χ4v) is 1.87. The standard InChI is InChI=1S/C13H12N4/c1-17-13(12-8-14-9-15-12)7-11(16-17)10-5-3-2-4-6-10/h2-9H,1H3,(H,14,15). The number of aryl methyl sites for hydroxylation is 1. The number of aromatic nitrogens is 4. The highest BCUT2D eigenvalue weighted by molar-refractivity contribution is 5.66. The lowest BCUT2D eigenvalue weighted by atomic mass is 10.1. The van der Waals surface area contributed by atoms with Gasteiger partial charge in [0.25, 0.3) is 0 Å². The summed E-state index contributed by atoms with van der Waals surface area (Å²) in [7, 11) is 1.93. The van der Waals surface area contributed by atoms with Crippen LogP contribution in [-0.4, -0.2) is 19.7 Å². The van der Waals surface area contributed by atoms with Crippen molar-refractivity contribution in [3.63, 3.8) is 0 Å². The first-order valence-corrected chi connectivity index (χ1v) is 5.43. The van der Waals surface area contributed by atoms with E-state index in [9.17, 15) is 0 Å². The van der Waals surface area contributed by atoms with Gasteiger partial charge in [0.1, 0.15) is 0 Å². The minimum Gasteiger partial charge on any atom is -0.343 e. The van der Waals surface area contributed by atoms with Gasteiger partial charge in [0.15, 0.2) is 0 Å². The van der Waals surface area contributed by atoms with Crippen molar-refractivity contribution in [2.75, 3.05) is 0 Å². The van der Waals surface area contributed by atoms with Crippen LogP contribution in [0, 0.1) is 0 Å². The fourth-order valence-electron chi connectivity index (χ4n) is 1.87. The molecule has 0 spiro atoms. The SMILES string of the molecule is Cn1nc(-c2ccccc2)cc1-c1cnc[nH]1. The van der Waals surface area contributed by atoms with Crippen molar-refractivity contribution in [2.24, 2.45) is 7.05 Å². The first kappa shape index (κ1) is 9.84. The summed E-state index contributed by atoms with van der Waals surface area (Å²) in [6.07, 6.45) is 3.47. The van der Waals surface area contributed by atoms with Crippen molar-refractivity contribution < 1.29 is 0 Å². The summed E-state index contributed by atoms with van der Waals surface area (Å²) in [5, 5.41) is 4.51. The lowest BCUT2D eigenvalue weighted by Gasteiger charge is -1.95. The summed E-state index contributed by atoms with van der Waals surface area (Å²) in [4.78, 5) is 7.11. The number of H-pyrrole nitrogens is 1. The summed E-state index contributed by atoms with van der Waals surface area (Å²) in [5.74, 6) is 0. The number of hydrogen-bond acceptors (Lipinski definition) is 2. The minimum atomic E-state index is 0.970. The second-order valence-corrected chi connectivity index (χ2v) is 3.87. The lowest BCUT2D eigenvalue weighted by Crippen LogP contribution is -1.93. The Kier molecular flexibility index (Phi) is 2.26. The maximum absolute atomic E-state index is 4.51. The van der Waals surface area contributed by atoms with Gasteiger partial charge in [0.05, 0.1) is 29.6 Å². The Balaban J connectivity index is 2.08. The molecule has 0 amide bonds. The molecule has 4 nitrogen and oxygen atoms in total. The van der Waals surface area contributed by atoms with Crippen LogP contribution >= 0.6 is 0 Å². The Morgan fingerprint density at radius 2 is 2.00 bits per heavy atom. The molecule has 0 atom stereocenters. The molecule has 0 aliphatic rings. The quantitative estimate of drug-likeness (QED) is 0.726. The molecule has 1 N–H and O–H groups in total. The summed E-state index contributed by atoms with van der Waals surface area (Å²) >= 11 is 0. The molecule has 0 radical (unpaired) electrons. The van der Waals surface area contributed by atoms with E-state index in [1.54, 1.807) is 12.5 Å². The van der Waals surface area contributed by atoms with E-state index in [-0.39, 0.29) is 0 Å². The first-order valence-electron chi connectivity index (χ1n) is 5.43. The van der Waals surface area contributed by atoms with Crippen LogP contribution in [0.2, 0.25) is 0 Å². The molecule has 0 unspecified atom stereocenters. The number of imidazole rings is 1. The number of rotatable bonds is 2. The van der Waals surface area contributed by atoms with Crippen LogP contribution in [0.25, 0.3) is 22.6 Å². The van der Waals surface area contributed by atoms with E-state index in [0.717, 1.165) is 22.6 Å². The smallest absolute Gasteiger partial charge is 0.0930 e. The number of aromatic amines is 1. The molecular formula is C13H12N4. The van der Waals surface area contributed by atoms with Crippen LogP contribution in [0.3, 0.4) is 0 Å². The zero-order chi connectivity index (χ0) is 11.7. The van der Waals surface area contributed by atoms with E-state index in [1.165, 1.54) is 0 Å². The molecule has 0 saturated carbocycles. The first-order chi connectivity index (χ1) is 8.34. The van der Waals surface area contributed by atoms with Crippen molar-refractivity contribution >= 4 is 0 Å². The normalized spacial score (nSPS) is 10.6. The van der Waals surface area contributed by atoms with Crippen LogP contribution in [0.5, 0.6) is 0 Å². The van der Waals surface area contributed by atoms with Gasteiger partial charge in [-0.25, -0.2) is 4.98 Å². The second-order valence-electron chi connectivity index (χ2n) is 3.87. The Morgan fingerprint density at radius 1 is 1.18 bits per heavy atom. The molecule has 0 fully saturated rings. The van der Waals surface area contributed by atoms with Crippen molar-refractivity contribution in [2.45, 2.75) is 0 Å². The minimum absolute atomic E-state index is 0.970. The molecule has 3 aromatic rings. The summed E-state index contributed by atoms with van der Waals surface area (Å²) in [6, 6.07) is 12.2. The molecule has 2 aromatic heterocycles. The van der Waals surface area contributed by atoms with Gasteiger partial charge < -0.3 is 4.98 Å². The predicted octanol–water partition coefficient (Wildman–Crippen LogP) is 2.48. The van der Waals surface area contributed by atoms with Gasteiger partial charge in [-0.15, -0.1) is 0 Å². The highest BCUT2D eigenvalue weighted by atomic mass is 15.3. The maximum atomic E-state index is 4.51. The number of hydrogen-bond donors (Lipinski definition) is 1. The summed E-state index contributed by atoms with van der Waals surface area (Å²) in [5.41, 5.74) is 4.09. The van der Waals surface area contributed by atoms with Gasteiger partial charge in [-0.2, -0.15) is 5.10 Å². The largest absolute Gasteiger partial charge is 0.343 e. The van der Waals surface area contributed by atoms with Crippen molar-refractivity contribution in [3.8, 4) is 22.6 Å². The van der Waals surface area contributed by atoms with E-state index in [1.807, 2.05) is 29.9 Å². The van der Waals surface area contributed by atoms with Crippen LogP contribution < -0.4 is 0 Å². The Morgan fingerprint density at radius 3 is 2.71 bits per heavy atom. The zero-order valence-electron chi connectivity index (χ0n) is 9.46. The van der Waals surface area contributed by atoms with Gasteiger partial charge in [-0.1, -0.05) is 30.3 Å². The highest BCUT2D eigenvalue weighted by Gasteiger charge is 2.09. The third-order valence-electron chi connectivity index (χ3n) is 2.72. The third kappa shape index (κ3) is 1.73. The van der Waals surface area contributed by atoms with Crippen LogP contribution in [0.4, 0.5) is 0 Å². The fraction of sp³-hybridized carbons (Fsp3) is 0.0769. The van der Waals surface area contributed by atoms with Crippen LogP contribution in [0.1, 0.15) is 0 Å². The molecule has 0 aliphatic carbocycles. The van der Waals surface area contributed by atoms with Gasteiger partial charge in [0.2, 0.25) is 0 Å². The lowest BCUT2D eigenvalue weighted by molar-refractivity contribution is 0.777. The van der Waals surface area contributed by atoms with Crippen LogP contribution in [-0.2, 0) is 7.05 Å². The molecule has 4 heteroatoms. The topological polar surface area (TPSA) is 46.5 Å². The third-order valence-corrected chi connectivity index (χ3v) is 2.72. The summed E-state index contributed by atoms with van der Waals surface area (Å²) in [6.45, 7) is 0. The van der Waals surface area contributed by atoms with Gasteiger partial charge >= 0.3 is 0 Å². The molecule has 3 rings (SSSR count). The number of nitrogens with one attached hydrogen (secondary N) is 1. The Labute approximate surface area is 98.9 Å². The molecule has 17 heavy (non-hydrogen) atoms.